The fraction of sp³-hybridized carbons (Fsp3) is 0.714. The molecule has 0 saturated carbocycles. The molecule has 3 rings (SSSR count). The Morgan fingerprint density at radius 1 is 1.29 bits per heavy atom. The number of hydrogen-bond acceptors (Lipinski definition) is 3. The normalized spacial score (nSPS) is 26.6. The van der Waals surface area contributed by atoms with Crippen LogP contribution in [0.2, 0.25) is 0 Å². The average molecular weight is 335 g/mol. The van der Waals surface area contributed by atoms with Crippen LogP contribution in [-0.4, -0.2) is 34.1 Å². The van der Waals surface area contributed by atoms with Crippen LogP contribution in [0.3, 0.4) is 0 Å². The molecule has 2 fully saturated rings. The number of nitrogens with one attached hydrogen (secondary N) is 2. The molecule has 1 aromatic rings. The molecule has 2 atom stereocenters. The first kappa shape index (κ1) is 18.3. The van der Waals surface area contributed by atoms with Gasteiger partial charge < -0.3 is 15.2 Å². The molecule has 0 radical (unpaired) electrons. The minimum Gasteiger partial charge on any atom is -0.354 e. The fourth-order valence-corrected chi connectivity index (χ4v) is 3.42. The van der Waals surface area contributed by atoms with Crippen LogP contribution >= 0.6 is 24.8 Å². The highest BCUT2D eigenvalue weighted by atomic mass is 35.5. The molecule has 2 N–H and O–H groups in total. The van der Waals surface area contributed by atoms with Gasteiger partial charge in [0.05, 0.1) is 6.33 Å². The second-order valence-corrected chi connectivity index (χ2v) is 5.83. The van der Waals surface area contributed by atoms with Gasteiger partial charge in [0.1, 0.15) is 0 Å². The number of halogens is 2. The summed E-state index contributed by atoms with van der Waals surface area (Å²) in [5.74, 6) is 0.776. The molecule has 2 aliphatic heterocycles. The molecular weight excluding hydrogens is 311 g/mol. The quantitative estimate of drug-likeness (QED) is 0.862. The van der Waals surface area contributed by atoms with Gasteiger partial charge in [0.15, 0.2) is 0 Å². The van der Waals surface area contributed by atoms with E-state index in [1.807, 2.05) is 10.8 Å². The van der Waals surface area contributed by atoms with Crippen molar-refractivity contribution >= 4 is 30.7 Å². The lowest BCUT2D eigenvalue weighted by atomic mass is 9.89. The largest absolute Gasteiger partial charge is 0.354 e. The maximum Gasteiger partial charge on any atom is 0.220 e. The van der Waals surface area contributed by atoms with E-state index in [-0.39, 0.29) is 30.7 Å². The number of amides is 1. The lowest BCUT2D eigenvalue weighted by Gasteiger charge is -2.28. The van der Waals surface area contributed by atoms with Crippen LogP contribution in [0.15, 0.2) is 18.7 Å². The predicted octanol–water partition coefficient (Wildman–Crippen LogP) is 1.76. The van der Waals surface area contributed by atoms with Crippen molar-refractivity contribution in [1.82, 2.24) is 20.2 Å². The van der Waals surface area contributed by atoms with Crippen molar-refractivity contribution in [3.63, 3.8) is 0 Å². The second-order valence-electron chi connectivity index (χ2n) is 5.83. The van der Waals surface area contributed by atoms with E-state index >= 15 is 0 Å². The molecule has 2 saturated heterocycles. The molecule has 1 amide bonds. The van der Waals surface area contributed by atoms with E-state index in [9.17, 15) is 4.79 Å². The Hall–Kier alpha value is -0.780. The summed E-state index contributed by atoms with van der Waals surface area (Å²) < 4.78 is 1.98. The molecule has 2 aliphatic rings. The Kier molecular flexibility index (Phi) is 7.49. The summed E-state index contributed by atoms with van der Waals surface area (Å²) in [7, 11) is 0. The number of aromatic nitrogens is 2. The number of piperidine rings is 1. The molecule has 0 aliphatic carbocycles. The van der Waals surface area contributed by atoms with Crippen LogP contribution in [0.5, 0.6) is 0 Å². The summed E-state index contributed by atoms with van der Waals surface area (Å²) in [6.07, 6.45) is 11.1. The molecule has 2 bridgehead atoms. The van der Waals surface area contributed by atoms with Crippen molar-refractivity contribution in [2.75, 3.05) is 6.54 Å². The van der Waals surface area contributed by atoms with Gasteiger partial charge in [0, 0.05) is 44.0 Å². The van der Waals surface area contributed by atoms with Gasteiger partial charge >= 0.3 is 0 Å². The topological polar surface area (TPSA) is 59.0 Å². The van der Waals surface area contributed by atoms with E-state index in [1.54, 1.807) is 12.5 Å². The molecular formula is C14H24Cl2N4O. The van der Waals surface area contributed by atoms with E-state index in [4.69, 9.17) is 0 Å². The van der Waals surface area contributed by atoms with Gasteiger partial charge in [0.25, 0.3) is 0 Å². The lowest BCUT2D eigenvalue weighted by molar-refractivity contribution is -0.122. The molecule has 7 heteroatoms. The first-order valence-electron chi connectivity index (χ1n) is 7.28. The zero-order valence-corrected chi connectivity index (χ0v) is 13.7. The maximum absolute atomic E-state index is 11.9. The van der Waals surface area contributed by atoms with Gasteiger partial charge in [-0.1, -0.05) is 0 Å². The van der Waals surface area contributed by atoms with Gasteiger partial charge in [-0.2, -0.15) is 0 Å². The third-order valence-corrected chi connectivity index (χ3v) is 4.30. The van der Waals surface area contributed by atoms with Gasteiger partial charge in [0.2, 0.25) is 5.91 Å². The van der Waals surface area contributed by atoms with E-state index in [1.165, 1.54) is 25.7 Å². The third kappa shape index (κ3) is 5.16. The number of imidazole rings is 1. The minimum atomic E-state index is 0. The summed E-state index contributed by atoms with van der Waals surface area (Å²) in [4.78, 5) is 15.9. The van der Waals surface area contributed by atoms with Crippen molar-refractivity contribution < 1.29 is 4.79 Å². The van der Waals surface area contributed by atoms with Crippen LogP contribution in [0, 0.1) is 5.92 Å². The Balaban J connectivity index is 0.00000110. The SMILES string of the molecule is Cl.Cl.O=C(CC1CC2CCC(C1)N2)NCCn1ccnc1. The first-order valence-corrected chi connectivity index (χ1v) is 7.28. The predicted molar refractivity (Wildman–Crippen MR) is 87.0 cm³/mol. The van der Waals surface area contributed by atoms with E-state index in [0.717, 1.165) is 6.54 Å². The van der Waals surface area contributed by atoms with Crippen LogP contribution in [0.4, 0.5) is 0 Å². The number of fused-ring (bicyclic) bond motifs is 2. The molecule has 21 heavy (non-hydrogen) atoms. The van der Waals surface area contributed by atoms with Crippen molar-refractivity contribution in [2.24, 2.45) is 5.92 Å². The van der Waals surface area contributed by atoms with Gasteiger partial charge in [-0.05, 0) is 31.6 Å². The van der Waals surface area contributed by atoms with Crippen LogP contribution < -0.4 is 10.6 Å². The van der Waals surface area contributed by atoms with E-state index < -0.39 is 0 Å². The van der Waals surface area contributed by atoms with Crippen LogP contribution in [0.25, 0.3) is 0 Å². The molecule has 0 aromatic carbocycles. The molecule has 5 nitrogen and oxygen atoms in total. The zero-order chi connectivity index (χ0) is 13.1. The van der Waals surface area contributed by atoms with Gasteiger partial charge in [-0.25, -0.2) is 4.98 Å². The number of carbonyl (C=O) groups excluding carboxylic acids is 1. The Labute approximate surface area is 138 Å². The van der Waals surface area contributed by atoms with Crippen LogP contribution in [0.1, 0.15) is 32.1 Å². The summed E-state index contributed by atoms with van der Waals surface area (Å²) >= 11 is 0. The summed E-state index contributed by atoms with van der Waals surface area (Å²) in [5, 5.41) is 6.62. The smallest absolute Gasteiger partial charge is 0.220 e. The average Bonchev–Trinajstić information content (AvgIpc) is 2.99. The Morgan fingerprint density at radius 2 is 2.00 bits per heavy atom. The maximum atomic E-state index is 11.9. The molecule has 2 unspecified atom stereocenters. The van der Waals surface area contributed by atoms with Crippen LogP contribution in [-0.2, 0) is 11.3 Å². The van der Waals surface area contributed by atoms with Crippen molar-refractivity contribution in [1.29, 1.82) is 0 Å². The van der Waals surface area contributed by atoms with E-state index in [0.29, 0.717) is 31.0 Å². The molecule has 1 aromatic heterocycles. The first-order chi connectivity index (χ1) is 9.29. The van der Waals surface area contributed by atoms with Crippen molar-refractivity contribution in [3.8, 4) is 0 Å². The highest BCUT2D eigenvalue weighted by molar-refractivity contribution is 5.85. The molecule has 120 valence electrons. The monoisotopic (exact) mass is 334 g/mol. The molecule has 0 spiro atoms. The standard InChI is InChI=1S/C14H22N4O.2ClH/c19-14(16-4-6-18-5-3-15-10-18)9-11-7-12-1-2-13(8-11)17-12;;/h3,5,10-13,17H,1-2,4,6-9H2,(H,16,19);2*1H. The Morgan fingerprint density at radius 3 is 2.62 bits per heavy atom. The summed E-state index contributed by atoms with van der Waals surface area (Å²) in [6.45, 7) is 1.48. The fourth-order valence-electron chi connectivity index (χ4n) is 3.42. The van der Waals surface area contributed by atoms with E-state index in [2.05, 4.69) is 15.6 Å². The highest BCUT2D eigenvalue weighted by Crippen LogP contribution is 2.32. The number of rotatable bonds is 5. The molecule has 3 heterocycles. The second kappa shape index (κ2) is 8.61. The van der Waals surface area contributed by atoms with Gasteiger partial charge in [-0.3, -0.25) is 4.79 Å². The highest BCUT2D eigenvalue weighted by Gasteiger charge is 2.33. The number of hydrogen-bond donors (Lipinski definition) is 2. The Bertz CT molecular complexity index is 415. The summed E-state index contributed by atoms with van der Waals surface area (Å²) in [5.41, 5.74) is 0. The number of carbonyl (C=O) groups is 1. The minimum absolute atomic E-state index is 0. The van der Waals surface area contributed by atoms with Crippen molar-refractivity contribution in [3.05, 3.63) is 18.7 Å². The zero-order valence-electron chi connectivity index (χ0n) is 12.0. The number of nitrogens with zero attached hydrogens (tertiary/aromatic N) is 2. The lowest BCUT2D eigenvalue weighted by Crippen LogP contribution is -2.40. The summed E-state index contributed by atoms with van der Waals surface area (Å²) in [6, 6.07) is 1.34. The third-order valence-electron chi connectivity index (χ3n) is 4.30. The van der Waals surface area contributed by atoms with Gasteiger partial charge in [-0.15, -0.1) is 24.8 Å². The van der Waals surface area contributed by atoms with Crippen molar-refractivity contribution in [2.45, 2.75) is 50.7 Å².